The summed E-state index contributed by atoms with van der Waals surface area (Å²) in [5, 5.41) is 20.2. The molecule has 87 heavy (non-hydrogen) atoms. The highest BCUT2D eigenvalue weighted by molar-refractivity contribution is 5.98. The summed E-state index contributed by atoms with van der Waals surface area (Å²) >= 11 is 0. The summed E-state index contributed by atoms with van der Waals surface area (Å²) in [6.07, 6.45) is 3.28. The van der Waals surface area contributed by atoms with Crippen molar-refractivity contribution in [3.8, 4) is 0 Å². The SMILES string of the molecule is C/C=C/C[C@@H](C)[C@@H](O)[C@@H](C(=O)N[C@@H](CC)C(=O)N(C)CC(=O)N(C)[C@@H](CC(C)(C)OC)C(=O)N[C@H](C(=O)N(C)[C@@H](CC(C)C)C(=O)N[C@H](C)C(N)=O)C(C)C)N(C)C(=O)[C@H](C(C)C)N(C)C(=O)[C@H](CC(C)C)N(C)C(=O)[C@H](CC(C)C)N(C)C(=O)CC. The lowest BCUT2D eigenvalue weighted by Gasteiger charge is -2.41. The summed E-state index contributed by atoms with van der Waals surface area (Å²) < 4.78 is 5.69. The standard InChI is InChI=1S/C63H115N11O13/c1-26-29-30-41(14)53(77)52(74(24)62(86)51(40(12)13)73(23)60(84)46(33-38(8)9)72(22)59(83)45(32-37(6)7)69(19)48(75)28-3)57(81)66-43(27-2)58(82)68(18)35-49(76)70(20)47(34-63(16,17)87-25)56(80)67-50(39(10)11)61(85)71(21)44(31-36(4)5)55(79)65-42(15)54(64)78/h26,29,36-47,50-53,77H,27-28,30-35H2,1-25H3,(H2,64,78)(H,65,79)(H,66,81)(H,67,80)/b29-26+/t41-,42-,43+,44+,45+,46+,47+,50+,51+,52+,53-/m1/s1. The zero-order valence-corrected chi connectivity index (χ0v) is 57.6. The predicted molar refractivity (Wildman–Crippen MR) is 337 cm³/mol. The van der Waals surface area contributed by atoms with Gasteiger partial charge in [0, 0.05) is 69.3 Å². The van der Waals surface area contributed by atoms with E-state index in [1.165, 1.54) is 75.9 Å². The highest BCUT2D eigenvalue weighted by atomic mass is 16.5. The zero-order valence-electron chi connectivity index (χ0n) is 57.6. The van der Waals surface area contributed by atoms with Gasteiger partial charge in [0.25, 0.3) is 0 Å². The summed E-state index contributed by atoms with van der Waals surface area (Å²) in [5.74, 6) is -8.72. The molecule has 0 fully saturated rings. The monoisotopic (exact) mass is 1230 g/mol. The molecule has 0 aliphatic heterocycles. The van der Waals surface area contributed by atoms with Gasteiger partial charge < -0.3 is 65.8 Å². The Morgan fingerprint density at radius 2 is 0.989 bits per heavy atom. The average molecular weight is 1230 g/mol. The smallest absolute Gasteiger partial charge is 0.246 e. The van der Waals surface area contributed by atoms with Gasteiger partial charge in [0.1, 0.15) is 54.4 Å². The van der Waals surface area contributed by atoms with Gasteiger partial charge in [-0.1, -0.05) is 102 Å². The van der Waals surface area contributed by atoms with Crippen LogP contribution < -0.4 is 21.7 Å². The summed E-state index contributed by atoms with van der Waals surface area (Å²) in [6.45, 7) is 29.4. The van der Waals surface area contributed by atoms with E-state index >= 15 is 4.79 Å². The third-order valence-electron chi connectivity index (χ3n) is 16.3. The third kappa shape index (κ3) is 24.0. The van der Waals surface area contributed by atoms with Crippen molar-refractivity contribution < 1.29 is 62.6 Å². The molecule has 0 radical (unpaired) electrons. The van der Waals surface area contributed by atoms with Crippen LogP contribution >= 0.6 is 0 Å². The van der Waals surface area contributed by atoms with E-state index in [1.807, 2.05) is 41.5 Å². The molecule has 0 spiro atoms. The van der Waals surface area contributed by atoms with Gasteiger partial charge in [0.05, 0.1) is 18.2 Å². The first-order chi connectivity index (χ1) is 40.0. The Morgan fingerprint density at radius 3 is 1.43 bits per heavy atom. The minimum atomic E-state index is -1.62. The molecule has 0 heterocycles. The minimum Gasteiger partial charge on any atom is -0.390 e. The molecule has 0 saturated heterocycles. The van der Waals surface area contributed by atoms with E-state index < -0.39 is 149 Å². The molecule has 6 N–H and O–H groups in total. The van der Waals surface area contributed by atoms with E-state index in [0.29, 0.717) is 12.8 Å². The van der Waals surface area contributed by atoms with Crippen molar-refractivity contribution in [1.29, 1.82) is 0 Å². The molecule has 11 amide bonds. The number of likely N-dealkylation sites (N-methyl/N-ethyl adjacent to an activating group) is 7. The molecule has 24 nitrogen and oxygen atoms in total. The summed E-state index contributed by atoms with van der Waals surface area (Å²) in [5.41, 5.74) is 4.41. The van der Waals surface area contributed by atoms with Crippen molar-refractivity contribution in [1.82, 2.24) is 50.2 Å². The molecule has 0 saturated carbocycles. The first-order valence-electron chi connectivity index (χ1n) is 30.9. The van der Waals surface area contributed by atoms with Crippen molar-refractivity contribution in [2.75, 3.05) is 63.0 Å². The number of allylic oxidation sites excluding steroid dienone is 2. The minimum absolute atomic E-state index is 0.000712. The van der Waals surface area contributed by atoms with Gasteiger partial charge in [-0.05, 0) is 95.3 Å². The molecule has 0 aromatic rings. The summed E-state index contributed by atoms with van der Waals surface area (Å²) in [6, 6.07) is -10.6. The van der Waals surface area contributed by atoms with E-state index in [-0.39, 0.29) is 55.8 Å². The van der Waals surface area contributed by atoms with Crippen LogP contribution in [0.25, 0.3) is 0 Å². The maximum Gasteiger partial charge on any atom is 0.246 e. The molecule has 24 heteroatoms. The van der Waals surface area contributed by atoms with E-state index in [1.54, 1.807) is 88.4 Å². The van der Waals surface area contributed by atoms with E-state index in [0.717, 1.165) is 14.7 Å². The number of aliphatic hydroxyl groups is 1. The van der Waals surface area contributed by atoms with Crippen LogP contribution in [-0.2, 0) is 57.5 Å². The second-order valence-electron chi connectivity index (χ2n) is 26.2. The number of amides is 11. The number of hydrogen-bond donors (Lipinski definition) is 5. The number of nitrogens with one attached hydrogen (secondary N) is 3. The molecular weight excluding hydrogens is 1120 g/mol. The summed E-state index contributed by atoms with van der Waals surface area (Å²) in [7, 11) is 11.5. The number of carbonyl (C=O) groups is 11. The van der Waals surface area contributed by atoms with Crippen molar-refractivity contribution in [2.45, 2.75) is 229 Å². The highest BCUT2D eigenvalue weighted by Crippen LogP contribution is 2.26. The number of primary amides is 1. The highest BCUT2D eigenvalue weighted by Gasteiger charge is 2.45. The Balaban J connectivity index is 7.24. The number of rotatable bonds is 37. The predicted octanol–water partition coefficient (Wildman–Crippen LogP) is 3.42. The van der Waals surface area contributed by atoms with Crippen molar-refractivity contribution >= 4 is 65.0 Å². The van der Waals surface area contributed by atoms with Crippen molar-refractivity contribution in [3.63, 3.8) is 0 Å². The Hall–Kier alpha value is -6.17. The Morgan fingerprint density at radius 1 is 0.540 bits per heavy atom. The van der Waals surface area contributed by atoms with Gasteiger partial charge >= 0.3 is 0 Å². The number of nitrogens with zero attached hydrogens (tertiary/aromatic N) is 7. The number of carbonyl (C=O) groups excluding carboxylic acids is 11. The molecule has 0 aliphatic rings. The fraction of sp³-hybridized carbons (Fsp3) is 0.794. The molecule has 11 atom stereocenters. The van der Waals surface area contributed by atoms with Gasteiger partial charge in [-0.2, -0.15) is 0 Å². The van der Waals surface area contributed by atoms with Crippen LogP contribution in [0.3, 0.4) is 0 Å². The molecule has 0 aliphatic carbocycles. The maximum absolute atomic E-state index is 15.1. The second-order valence-corrected chi connectivity index (χ2v) is 26.2. The normalized spacial score (nSPS) is 15.7. The maximum atomic E-state index is 15.1. The first kappa shape index (κ1) is 80.8. The lowest BCUT2D eigenvalue weighted by atomic mass is 9.91. The van der Waals surface area contributed by atoms with Crippen molar-refractivity contribution in [2.24, 2.45) is 41.2 Å². The topological polar surface area (TPSA) is 302 Å². The zero-order chi connectivity index (χ0) is 68.0. The van der Waals surface area contributed by atoms with E-state index in [2.05, 4.69) is 16.0 Å². The fourth-order valence-corrected chi connectivity index (χ4v) is 10.3. The fourth-order valence-electron chi connectivity index (χ4n) is 10.3. The van der Waals surface area contributed by atoms with E-state index in [4.69, 9.17) is 10.5 Å². The largest absolute Gasteiger partial charge is 0.390 e. The Labute approximate surface area is 521 Å². The molecule has 0 aromatic carbocycles. The van der Waals surface area contributed by atoms with Crippen LogP contribution in [0.1, 0.15) is 163 Å². The molecule has 0 unspecified atom stereocenters. The Kier molecular flexibility index (Phi) is 34.4. The van der Waals surface area contributed by atoms with Crippen LogP contribution in [0.15, 0.2) is 12.2 Å². The van der Waals surface area contributed by atoms with Crippen molar-refractivity contribution in [3.05, 3.63) is 12.2 Å². The first-order valence-corrected chi connectivity index (χ1v) is 30.9. The van der Waals surface area contributed by atoms with Crippen LogP contribution in [-0.4, -0.2) is 233 Å². The number of methoxy groups -OCH3 is 1. The van der Waals surface area contributed by atoms with Gasteiger partial charge in [0.15, 0.2) is 0 Å². The second kappa shape index (κ2) is 37.0. The average Bonchev–Trinajstić information content (AvgIpc) is 1.26. The molecule has 500 valence electrons. The van der Waals surface area contributed by atoms with Crippen LogP contribution in [0.2, 0.25) is 0 Å². The number of nitrogens with two attached hydrogens (primary N) is 1. The van der Waals surface area contributed by atoms with Gasteiger partial charge in [0.2, 0.25) is 65.0 Å². The van der Waals surface area contributed by atoms with Crippen LogP contribution in [0.4, 0.5) is 0 Å². The summed E-state index contributed by atoms with van der Waals surface area (Å²) in [4.78, 5) is 164. The lowest BCUT2D eigenvalue weighted by molar-refractivity contribution is -0.157. The van der Waals surface area contributed by atoms with Crippen LogP contribution in [0, 0.1) is 35.5 Å². The quantitative estimate of drug-likeness (QED) is 0.0558. The van der Waals surface area contributed by atoms with Gasteiger partial charge in [-0.15, -0.1) is 0 Å². The Bertz CT molecular complexity index is 2340. The molecular formula is C63H115N11O13. The van der Waals surface area contributed by atoms with Gasteiger partial charge in [-0.25, -0.2) is 0 Å². The molecule has 0 rings (SSSR count). The van der Waals surface area contributed by atoms with E-state index in [9.17, 15) is 53.1 Å². The number of hydrogen-bond acceptors (Lipinski definition) is 13. The van der Waals surface area contributed by atoms with Crippen LogP contribution in [0.5, 0.6) is 0 Å². The third-order valence-corrected chi connectivity index (χ3v) is 16.3. The number of aliphatic hydroxyl groups excluding tert-OH is 1. The molecule has 0 bridgehead atoms. The molecule has 0 aromatic heterocycles. The van der Waals surface area contributed by atoms with Gasteiger partial charge in [-0.3, -0.25) is 52.7 Å². The lowest BCUT2D eigenvalue weighted by Crippen LogP contribution is -2.63. The number of ether oxygens (including phenoxy) is 1.